The number of nitrogens with zero attached hydrogens (tertiary/aromatic N) is 1. The van der Waals surface area contributed by atoms with Crippen molar-refractivity contribution in [2.45, 2.75) is 33.4 Å². The summed E-state index contributed by atoms with van der Waals surface area (Å²) in [5.74, 6) is -0.876. The number of pyridine rings is 1. The molecule has 2 nitrogen and oxygen atoms in total. The topological polar surface area (TPSA) is 22.1 Å². The molecular formula is C11H15F4NO. The molecule has 0 atom stereocenters. The third-order valence-electron chi connectivity index (χ3n) is 1.62. The molecule has 0 aliphatic heterocycles. The van der Waals surface area contributed by atoms with E-state index in [2.05, 4.69) is 9.72 Å². The number of ether oxygens (including phenoxy) is 1. The number of hydrogen-bond donors (Lipinski definition) is 0. The first kappa shape index (κ1) is 15.7. The summed E-state index contributed by atoms with van der Waals surface area (Å²) in [6.07, 6.45) is -3.11. The molecule has 6 heteroatoms. The highest BCUT2D eigenvalue weighted by atomic mass is 19.4. The van der Waals surface area contributed by atoms with Gasteiger partial charge in [-0.1, -0.05) is 20.8 Å². The third kappa shape index (κ3) is 6.09. The fraction of sp³-hybridized carbons (Fsp3) is 0.545. The average molecular weight is 253 g/mol. The first-order valence-electron chi connectivity index (χ1n) is 5.26. The molecule has 0 aliphatic carbocycles. The molecule has 0 radical (unpaired) electrons. The van der Waals surface area contributed by atoms with Crippen LogP contribution in [0.2, 0.25) is 0 Å². The van der Waals surface area contributed by atoms with Crippen LogP contribution in [0.25, 0.3) is 0 Å². The van der Waals surface area contributed by atoms with Gasteiger partial charge < -0.3 is 4.74 Å². The molecule has 0 saturated carbocycles. The Morgan fingerprint density at radius 3 is 2.35 bits per heavy atom. The minimum absolute atomic E-state index is 0.158. The van der Waals surface area contributed by atoms with Gasteiger partial charge in [0.2, 0.25) is 0 Å². The molecule has 98 valence electrons. The average Bonchev–Trinajstić information content (AvgIpc) is 2.28. The zero-order valence-corrected chi connectivity index (χ0v) is 9.94. The number of aryl methyl sites for hydroxylation is 1. The summed E-state index contributed by atoms with van der Waals surface area (Å²) in [6.45, 7) is 4.26. The first-order valence-corrected chi connectivity index (χ1v) is 5.26. The van der Waals surface area contributed by atoms with E-state index in [4.69, 9.17) is 0 Å². The number of rotatable bonds is 3. The van der Waals surface area contributed by atoms with E-state index < -0.39 is 18.6 Å². The van der Waals surface area contributed by atoms with Gasteiger partial charge in [-0.15, -0.1) is 0 Å². The van der Waals surface area contributed by atoms with Crippen molar-refractivity contribution >= 4 is 0 Å². The van der Waals surface area contributed by atoms with Crippen molar-refractivity contribution in [2.24, 2.45) is 0 Å². The predicted molar refractivity (Wildman–Crippen MR) is 56.5 cm³/mol. The zero-order chi connectivity index (χ0) is 13.5. The second-order valence-electron chi connectivity index (χ2n) is 2.86. The third-order valence-corrected chi connectivity index (χ3v) is 1.62. The van der Waals surface area contributed by atoms with Crippen LogP contribution in [0.15, 0.2) is 12.3 Å². The monoisotopic (exact) mass is 253 g/mol. The number of hydrogen-bond acceptors (Lipinski definition) is 2. The van der Waals surface area contributed by atoms with Gasteiger partial charge in [0.1, 0.15) is 11.6 Å². The molecule has 0 aromatic carbocycles. The smallest absolute Gasteiger partial charge is 0.422 e. The molecule has 1 aromatic heterocycles. The Kier molecular flexibility index (Phi) is 6.53. The van der Waals surface area contributed by atoms with Crippen LogP contribution in [0.3, 0.4) is 0 Å². The molecule has 0 N–H and O–H groups in total. The van der Waals surface area contributed by atoms with Gasteiger partial charge in [-0.2, -0.15) is 13.2 Å². The maximum atomic E-state index is 12.7. The maximum absolute atomic E-state index is 12.7. The highest BCUT2D eigenvalue weighted by Gasteiger charge is 2.28. The van der Waals surface area contributed by atoms with E-state index in [1.54, 1.807) is 6.92 Å². The van der Waals surface area contributed by atoms with Crippen LogP contribution in [-0.4, -0.2) is 17.8 Å². The van der Waals surface area contributed by atoms with Gasteiger partial charge >= 0.3 is 6.18 Å². The van der Waals surface area contributed by atoms with E-state index in [1.165, 1.54) is 0 Å². The fourth-order valence-corrected chi connectivity index (χ4v) is 0.999. The molecule has 1 rings (SSSR count). The standard InChI is InChI=1S/C9H9F4NO.C2H6/c1-2-7-8(3-6(10)4-14-7)15-5-9(11,12)13;1-2/h3-4H,2,5H2,1H3;1-2H3. The van der Waals surface area contributed by atoms with Crippen LogP contribution in [0.4, 0.5) is 17.6 Å². The summed E-state index contributed by atoms with van der Waals surface area (Å²) < 4.78 is 52.6. The Balaban J connectivity index is 0.00000121. The van der Waals surface area contributed by atoms with Gasteiger partial charge in [-0.3, -0.25) is 4.98 Å². The van der Waals surface area contributed by atoms with Crippen LogP contribution in [-0.2, 0) is 6.42 Å². The van der Waals surface area contributed by atoms with E-state index in [0.29, 0.717) is 12.1 Å². The Hall–Kier alpha value is -1.33. The summed E-state index contributed by atoms with van der Waals surface area (Å²) in [5.41, 5.74) is 0.306. The van der Waals surface area contributed by atoms with E-state index in [0.717, 1.165) is 12.3 Å². The van der Waals surface area contributed by atoms with Crippen molar-refractivity contribution in [2.75, 3.05) is 6.61 Å². The lowest BCUT2D eigenvalue weighted by atomic mass is 10.2. The Morgan fingerprint density at radius 2 is 1.88 bits per heavy atom. The van der Waals surface area contributed by atoms with E-state index in [9.17, 15) is 17.6 Å². The van der Waals surface area contributed by atoms with Gasteiger partial charge in [0.15, 0.2) is 6.61 Å². The van der Waals surface area contributed by atoms with Crippen molar-refractivity contribution in [3.8, 4) is 5.75 Å². The minimum atomic E-state index is -4.43. The molecule has 0 aliphatic rings. The molecule has 0 spiro atoms. The maximum Gasteiger partial charge on any atom is 0.422 e. The summed E-state index contributed by atoms with van der Waals surface area (Å²) in [6, 6.07) is 0.900. The Bertz CT molecular complexity index is 339. The first-order chi connectivity index (χ1) is 7.92. The number of halogens is 4. The van der Waals surface area contributed by atoms with Crippen LogP contribution < -0.4 is 4.74 Å². The lowest BCUT2D eigenvalue weighted by molar-refractivity contribution is -0.153. The SMILES string of the molecule is CC.CCc1ncc(F)cc1OCC(F)(F)F. The van der Waals surface area contributed by atoms with Crippen LogP contribution in [0, 0.1) is 5.82 Å². The van der Waals surface area contributed by atoms with E-state index in [1.807, 2.05) is 13.8 Å². The highest BCUT2D eigenvalue weighted by Crippen LogP contribution is 2.21. The van der Waals surface area contributed by atoms with Gasteiger partial charge in [0.25, 0.3) is 0 Å². The predicted octanol–water partition coefficient (Wildman–Crippen LogP) is 3.75. The van der Waals surface area contributed by atoms with E-state index in [-0.39, 0.29) is 5.75 Å². The second-order valence-corrected chi connectivity index (χ2v) is 2.86. The van der Waals surface area contributed by atoms with Crippen molar-refractivity contribution in [3.63, 3.8) is 0 Å². The Labute approximate surface area is 97.6 Å². The molecule has 1 aromatic rings. The normalized spacial score (nSPS) is 10.5. The summed E-state index contributed by atoms with van der Waals surface area (Å²) in [7, 11) is 0. The van der Waals surface area contributed by atoms with Gasteiger partial charge in [0, 0.05) is 6.07 Å². The molecule has 0 fully saturated rings. The molecule has 17 heavy (non-hydrogen) atoms. The quantitative estimate of drug-likeness (QED) is 0.765. The van der Waals surface area contributed by atoms with E-state index >= 15 is 0 Å². The lowest BCUT2D eigenvalue weighted by Crippen LogP contribution is -2.20. The van der Waals surface area contributed by atoms with Crippen LogP contribution in [0.5, 0.6) is 5.75 Å². The van der Waals surface area contributed by atoms with Crippen molar-refractivity contribution in [1.82, 2.24) is 4.98 Å². The summed E-state index contributed by atoms with van der Waals surface area (Å²) >= 11 is 0. The number of aromatic nitrogens is 1. The van der Waals surface area contributed by atoms with Crippen molar-refractivity contribution < 1.29 is 22.3 Å². The van der Waals surface area contributed by atoms with Gasteiger partial charge in [0.05, 0.1) is 11.9 Å². The molecule has 1 heterocycles. The zero-order valence-electron chi connectivity index (χ0n) is 9.94. The molecule has 0 unspecified atom stereocenters. The van der Waals surface area contributed by atoms with Crippen molar-refractivity contribution in [1.29, 1.82) is 0 Å². The molecule has 0 saturated heterocycles. The highest BCUT2D eigenvalue weighted by molar-refractivity contribution is 5.27. The van der Waals surface area contributed by atoms with Crippen molar-refractivity contribution in [3.05, 3.63) is 23.8 Å². The van der Waals surface area contributed by atoms with Gasteiger partial charge in [-0.25, -0.2) is 4.39 Å². The lowest BCUT2D eigenvalue weighted by Gasteiger charge is -2.11. The van der Waals surface area contributed by atoms with Crippen LogP contribution >= 0.6 is 0 Å². The second kappa shape index (κ2) is 7.09. The largest absolute Gasteiger partial charge is 0.482 e. The molecule has 0 amide bonds. The minimum Gasteiger partial charge on any atom is -0.482 e. The molecular weight excluding hydrogens is 238 g/mol. The fourth-order valence-electron chi connectivity index (χ4n) is 0.999. The summed E-state index contributed by atoms with van der Waals surface area (Å²) in [4.78, 5) is 3.63. The van der Waals surface area contributed by atoms with Crippen LogP contribution in [0.1, 0.15) is 26.5 Å². The summed E-state index contributed by atoms with van der Waals surface area (Å²) in [5, 5.41) is 0. The van der Waals surface area contributed by atoms with Gasteiger partial charge in [-0.05, 0) is 6.42 Å². The Morgan fingerprint density at radius 1 is 1.29 bits per heavy atom. The molecule has 0 bridgehead atoms. The number of alkyl halides is 3.